The lowest BCUT2D eigenvalue weighted by Gasteiger charge is -2.40. The van der Waals surface area contributed by atoms with E-state index in [1.807, 2.05) is 0 Å². The highest BCUT2D eigenvalue weighted by molar-refractivity contribution is 5.56. The zero-order valence-electron chi connectivity index (χ0n) is 16.9. The third-order valence-corrected chi connectivity index (χ3v) is 6.55. The van der Waals surface area contributed by atoms with Crippen LogP contribution in [0, 0.1) is 13.8 Å². The molecule has 1 unspecified atom stereocenters. The van der Waals surface area contributed by atoms with Crippen LogP contribution >= 0.6 is 0 Å². The first-order valence-corrected chi connectivity index (χ1v) is 10.5. The molecule has 1 saturated carbocycles. The predicted octanol–water partition coefficient (Wildman–Crippen LogP) is 3.68. The lowest BCUT2D eigenvalue weighted by atomic mass is 10.1. The van der Waals surface area contributed by atoms with E-state index in [4.69, 9.17) is 0 Å². The SMILES string of the molecule is CCC(c1nnnn1C1CCCC1)N1CCN(c2cccc(C)c2C)CC1. The second-order valence-electron chi connectivity index (χ2n) is 8.09. The van der Waals surface area contributed by atoms with Crippen molar-refractivity contribution in [2.45, 2.75) is 65.0 Å². The van der Waals surface area contributed by atoms with Crippen molar-refractivity contribution < 1.29 is 0 Å². The van der Waals surface area contributed by atoms with Crippen molar-refractivity contribution in [1.82, 2.24) is 25.1 Å². The van der Waals surface area contributed by atoms with Gasteiger partial charge in [-0.1, -0.05) is 31.9 Å². The Balaban J connectivity index is 1.47. The highest BCUT2D eigenvalue weighted by Gasteiger charge is 2.31. The maximum atomic E-state index is 4.46. The van der Waals surface area contributed by atoms with Crippen molar-refractivity contribution >= 4 is 5.69 Å². The third kappa shape index (κ3) is 3.59. The van der Waals surface area contributed by atoms with E-state index in [0.29, 0.717) is 12.1 Å². The van der Waals surface area contributed by atoms with Crippen LogP contribution in [-0.2, 0) is 0 Å². The van der Waals surface area contributed by atoms with Gasteiger partial charge in [-0.05, 0) is 60.7 Å². The highest BCUT2D eigenvalue weighted by atomic mass is 15.6. The highest BCUT2D eigenvalue weighted by Crippen LogP contribution is 2.33. The molecule has 1 saturated heterocycles. The summed E-state index contributed by atoms with van der Waals surface area (Å²) >= 11 is 0. The second-order valence-corrected chi connectivity index (χ2v) is 8.09. The summed E-state index contributed by atoms with van der Waals surface area (Å²) in [5, 5.41) is 12.9. The zero-order valence-corrected chi connectivity index (χ0v) is 16.9. The Labute approximate surface area is 162 Å². The normalized spacial score (nSPS) is 20.3. The van der Waals surface area contributed by atoms with E-state index in [0.717, 1.165) is 38.4 Å². The fourth-order valence-electron chi connectivity index (χ4n) is 4.79. The fraction of sp³-hybridized carbons (Fsp3) is 0.667. The first-order valence-electron chi connectivity index (χ1n) is 10.5. The number of aromatic nitrogens is 4. The van der Waals surface area contributed by atoms with Crippen molar-refractivity contribution in [3.8, 4) is 0 Å². The van der Waals surface area contributed by atoms with Crippen LogP contribution in [0.5, 0.6) is 0 Å². The van der Waals surface area contributed by atoms with Crippen molar-refractivity contribution in [3.05, 3.63) is 35.2 Å². The Morgan fingerprint density at radius 1 is 1.07 bits per heavy atom. The van der Waals surface area contributed by atoms with Gasteiger partial charge >= 0.3 is 0 Å². The summed E-state index contributed by atoms with van der Waals surface area (Å²) in [6, 6.07) is 7.46. The van der Waals surface area contributed by atoms with Gasteiger partial charge in [0, 0.05) is 31.9 Å². The molecule has 1 aliphatic carbocycles. The number of hydrogen-bond donors (Lipinski definition) is 0. The minimum Gasteiger partial charge on any atom is -0.369 e. The molecule has 2 heterocycles. The Kier molecular flexibility index (Phi) is 5.43. The molecule has 1 aromatic carbocycles. The third-order valence-electron chi connectivity index (χ3n) is 6.55. The molecule has 0 bridgehead atoms. The van der Waals surface area contributed by atoms with Crippen LogP contribution in [0.3, 0.4) is 0 Å². The summed E-state index contributed by atoms with van der Waals surface area (Å²) in [6.07, 6.45) is 6.09. The summed E-state index contributed by atoms with van der Waals surface area (Å²) in [5.41, 5.74) is 4.17. The molecular weight excluding hydrogens is 336 g/mol. The maximum Gasteiger partial charge on any atom is 0.168 e. The molecule has 4 rings (SSSR count). The summed E-state index contributed by atoms with van der Waals surface area (Å²) in [4.78, 5) is 5.12. The Hall–Kier alpha value is -1.95. The predicted molar refractivity (Wildman–Crippen MR) is 108 cm³/mol. The Morgan fingerprint density at radius 2 is 1.81 bits per heavy atom. The molecule has 1 aromatic heterocycles. The van der Waals surface area contributed by atoms with E-state index in [2.05, 4.69) is 69.0 Å². The average Bonchev–Trinajstić information content (AvgIpc) is 3.37. The molecule has 0 radical (unpaired) electrons. The number of anilines is 1. The van der Waals surface area contributed by atoms with Crippen LogP contribution in [0.4, 0.5) is 5.69 Å². The minimum absolute atomic E-state index is 0.321. The second kappa shape index (κ2) is 7.97. The zero-order chi connectivity index (χ0) is 18.8. The van der Waals surface area contributed by atoms with Gasteiger partial charge in [0.05, 0.1) is 12.1 Å². The average molecular weight is 369 g/mol. The van der Waals surface area contributed by atoms with Gasteiger partial charge in [-0.25, -0.2) is 4.68 Å². The van der Waals surface area contributed by atoms with Gasteiger partial charge in [0.2, 0.25) is 0 Å². The standard InChI is InChI=1S/C21H32N6/c1-4-19(21-22-23-24-27(21)18-9-5-6-10-18)25-12-14-26(15-13-25)20-11-7-8-16(2)17(20)3/h7-8,11,18-19H,4-6,9-10,12-15H2,1-3H3. The number of piperazine rings is 1. The van der Waals surface area contributed by atoms with E-state index < -0.39 is 0 Å². The first-order chi connectivity index (χ1) is 13.2. The quantitative estimate of drug-likeness (QED) is 0.806. The summed E-state index contributed by atoms with van der Waals surface area (Å²) in [6.45, 7) is 10.9. The summed E-state index contributed by atoms with van der Waals surface area (Å²) in [7, 11) is 0. The van der Waals surface area contributed by atoms with Crippen LogP contribution in [-0.4, -0.2) is 51.3 Å². The summed E-state index contributed by atoms with van der Waals surface area (Å²) in [5.74, 6) is 1.07. The van der Waals surface area contributed by atoms with Crippen molar-refractivity contribution in [2.75, 3.05) is 31.1 Å². The van der Waals surface area contributed by atoms with Crippen LogP contribution in [0.1, 0.15) is 68.1 Å². The summed E-state index contributed by atoms with van der Waals surface area (Å²) < 4.78 is 2.14. The molecule has 146 valence electrons. The minimum atomic E-state index is 0.321. The van der Waals surface area contributed by atoms with Gasteiger partial charge in [-0.15, -0.1) is 5.10 Å². The molecule has 6 nitrogen and oxygen atoms in total. The van der Waals surface area contributed by atoms with Gasteiger partial charge in [0.25, 0.3) is 0 Å². The number of rotatable bonds is 5. The van der Waals surface area contributed by atoms with Gasteiger partial charge in [-0.2, -0.15) is 0 Å². The topological polar surface area (TPSA) is 50.1 Å². The molecule has 0 N–H and O–H groups in total. The van der Waals surface area contributed by atoms with Gasteiger partial charge in [0.1, 0.15) is 0 Å². The van der Waals surface area contributed by atoms with Crippen LogP contribution in [0.2, 0.25) is 0 Å². The van der Waals surface area contributed by atoms with E-state index >= 15 is 0 Å². The van der Waals surface area contributed by atoms with Crippen LogP contribution in [0.25, 0.3) is 0 Å². The van der Waals surface area contributed by atoms with E-state index in [9.17, 15) is 0 Å². The molecule has 0 spiro atoms. The molecule has 1 aliphatic heterocycles. The molecule has 27 heavy (non-hydrogen) atoms. The van der Waals surface area contributed by atoms with Crippen molar-refractivity contribution in [3.63, 3.8) is 0 Å². The number of tetrazole rings is 1. The fourth-order valence-corrected chi connectivity index (χ4v) is 4.79. The number of nitrogens with zero attached hydrogens (tertiary/aromatic N) is 6. The number of benzene rings is 1. The smallest absolute Gasteiger partial charge is 0.168 e. The Bertz CT molecular complexity index is 756. The van der Waals surface area contributed by atoms with E-state index in [1.165, 1.54) is 42.5 Å². The molecule has 0 amide bonds. The Morgan fingerprint density at radius 3 is 2.52 bits per heavy atom. The van der Waals surface area contributed by atoms with Crippen molar-refractivity contribution in [2.24, 2.45) is 0 Å². The molecule has 6 heteroatoms. The van der Waals surface area contributed by atoms with Gasteiger partial charge < -0.3 is 4.90 Å². The van der Waals surface area contributed by atoms with E-state index in [-0.39, 0.29) is 0 Å². The first kappa shape index (κ1) is 18.4. The monoisotopic (exact) mass is 368 g/mol. The van der Waals surface area contributed by atoms with Crippen molar-refractivity contribution in [1.29, 1.82) is 0 Å². The van der Waals surface area contributed by atoms with Crippen LogP contribution in [0.15, 0.2) is 18.2 Å². The number of aryl methyl sites for hydroxylation is 1. The van der Waals surface area contributed by atoms with E-state index in [1.54, 1.807) is 0 Å². The largest absolute Gasteiger partial charge is 0.369 e. The van der Waals surface area contributed by atoms with Gasteiger partial charge in [0.15, 0.2) is 5.82 Å². The van der Waals surface area contributed by atoms with Crippen LogP contribution < -0.4 is 4.90 Å². The molecule has 1 atom stereocenters. The number of hydrogen-bond acceptors (Lipinski definition) is 5. The van der Waals surface area contributed by atoms with Gasteiger partial charge in [-0.3, -0.25) is 4.90 Å². The lowest BCUT2D eigenvalue weighted by Crippen LogP contribution is -2.48. The molecule has 2 aliphatic rings. The molecule has 2 fully saturated rings. The molecule has 2 aromatic rings. The molecular formula is C21H32N6. The maximum absolute atomic E-state index is 4.46. The lowest BCUT2D eigenvalue weighted by molar-refractivity contribution is 0.166.